The summed E-state index contributed by atoms with van der Waals surface area (Å²) in [5, 5.41) is 7.57. The standard InChI is InChI=1S/C30H31FN4O3S/c1-19-9-5-6-13-23(19)35-29-26(28(33-35)30(2,3)4)27(20-10-7-11-21(31)15-20)39-18-25(37)34(29)17-24(36)32-16-22-12-8-14-38-22/h5-15,27H,16-18H2,1-4H3,(H,32,36). The molecule has 9 heteroatoms. The molecular formula is C30H31FN4O3S. The number of aryl methyl sites for hydroxylation is 1. The van der Waals surface area contributed by atoms with E-state index in [0.29, 0.717) is 11.6 Å². The van der Waals surface area contributed by atoms with E-state index >= 15 is 0 Å². The van der Waals surface area contributed by atoms with E-state index in [1.807, 2.05) is 37.3 Å². The van der Waals surface area contributed by atoms with E-state index in [0.717, 1.165) is 28.1 Å². The molecule has 1 unspecified atom stereocenters. The van der Waals surface area contributed by atoms with Crippen molar-refractivity contribution in [2.75, 3.05) is 17.2 Å². The van der Waals surface area contributed by atoms with Gasteiger partial charge in [-0.05, 0) is 48.4 Å². The van der Waals surface area contributed by atoms with Crippen LogP contribution in [0.3, 0.4) is 0 Å². The molecule has 2 aromatic heterocycles. The van der Waals surface area contributed by atoms with Gasteiger partial charge in [-0.3, -0.25) is 14.5 Å². The van der Waals surface area contributed by atoms with Gasteiger partial charge in [0.15, 0.2) is 0 Å². The number of carbonyl (C=O) groups is 2. The smallest absolute Gasteiger partial charge is 0.240 e. The second-order valence-corrected chi connectivity index (χ2v) is 11.7. The highest BCUT2D eigenvalue weighted by Crippen LogP contribution is 2.48. The van der Waals surface area contributed by atoms with Gasteiger partial charge in [-0.25, -0.2) is 9.07 Å². The van der Waals surface area contributed by atoms with Crippen LogP contribution in [-0.2, 0) is 21.5 Å². The molecule has 7 nitrogen and oxygen atoms in total. The average molecular weight is 547 g/mol. The number of nitrogens with zero attached hydrogens (tertiary/aromatic N) is 3. The zero-order valence-electron chi connectivity index (χ0n) is 22.4. The summed E-state index contributed by atoms with van der Waals surface area (Å²) in [5.41, 5.74) is 3.72. The summed E-state index contributed by atoms with van der Waals surface area (Å²) in [4.78, 5) is 28.4. The van der Waals surface area contributed by atoms with Crippen molar-refractivity contribution in [1.82, 2.24) is 15.1 Å². The van der Waals surface area contributed by atoms with Gasteiger partial charge in [-0.15, -0.1) is 11.8 Å². The first-order valence-electron chi connectivity index (χ1n) is 12.8. The Bertz CT molecular complexity index is 1510. The predicted molar refractivity (Wildman–Crippen MR) is 151 cm³/mol. The Morgan fingerprint density at radius 2 is 1.95 bits per heavy atom. The van der Waals surface area contributed by atoms with Crippen LogP contribution in [0.2, 0.25) is 0 Å². The normalized spacial score (nSPS) is 15.7. The van der Waals surface area contributed by atoms with Gasteiger partial charge in [0.05, 0.1) is 35.2 Å². The molecule has 1 N–H and O–H groups in total. The van der Waals surface area contributed by atoms with E-state index in [1.54, 1.807) is 29.1 Å². The second kappa shape index (κ2) is 10.7. The minimum Gasteiger partial charge on any atom is -0.467 e. The van der Waals surface area contributed by atoms with E-state index in [1.165, 1.54) is 28.8 Å². The molecule has 0 fully saturated rings. The summed E-state index contributed by atoms with van der Waals surface area (Å²) in [6.07, 6.45) is 1.55. The molecule has 1 atom stereocenters. The molecule has 0 bridgehead atoms. The number of amides is 2. The molecule has 202 valence electrons. The number of rotatable bonds is 6. The number of fused-ring (bicyclic) bond motifs is 1. The minimum atomic E-state index is -0.398. The van der Waals surface area contributed by atoms with Crippen LogP contribution in [0.1, 0.15) is 54.2 Å². The quantitative estimate of drug-likeness (QED) is 0.336. The molecule has 0 spiro atoms. The van der Waals surface area contributed by atoms with E-state index in [4.69, 9.17) is 9.52 Å². The van der Waals surface area contributed by atoms with Gasteiger partial charge >= 0.3 is 0 Å². The molecule has 0 radical (unpaired) electrons. The van der Waals surface area contributed by atoms with Crippen molar-refractivity contribution >= 4 is 29.4 Å². The Labute approximate surface area is 231 Å². The van der Waals surface area contributed by atoms with Gasteiger partial charge in [0.25, 0.3) is 0 Å². The number of carbonyl (C=O) groups excluding carboxylic acids is 2. The molecule has 0 saturated carbocycles. The average Bonchev–Trinajstić information content (AvgIpc) is 3.52. The molecule has 3 heterocycles. The lowest BCUT2D eigenvalue weighted by Crippen LogP contribution is -2.42. The third-order valence-corrected chi connectivity index (χ3v) is 7.89. The fraction of sp³-hybridized carbons (Fsp3) is 0.300. The maximum Gasteiger partial charge on any atom is 0.240 e. The van der Waals surface area contributed by atoms with Gasteiger partial charge in [0.2, 0.25) is 11.8 Å². The summed E-state index contributed by atoms with van der Waals surface area (Å²) in [6, 6.07) is 17.8. The van der Waals surface area contributed by atoms with Crippen LogP contribution in [0.15, 0.2) is 71.3 Å². The number of halogens is 1. The van der Waals surface area contributed by atoms with Crippen molar-refractivity contribution in [3.63, 3.8) is 0 Å². The number of nitrogens with one attached hydrogen (secondary N) is 1. The third-order valence-electron chi connectivity index (χ3n) is 6.64. The minimum absolute atomic E-state index is 0.124. The van der Waals surface area contributed by atoms with E-state index < -0.39 is 5.41 Å². The number of benzene rings is 2. The van der Waals surface area contributed by atoms with Crippen molar-refractivity contribution in [2.24, 2.45) is 0 Å². The van der Waals surface area contributed by atoms with Crippen LogP contribution < -0.4 is 10.2 Å². The zero-order chi connectivity index (χ0) is 27.7. The van der Waals surface area contributed by atoms with Crippen LogP contribution in [-0.4, -0.2) is 33.9 Å². The van der Waals surface area contributed by atoms with Crippen molar-refractivity contribution < 1.29 is 18.4 Å². The molecular weight excluding hydrogens is 515 g/mol. The van der Waals surface area contributed by atoms with Crippen molar-refractivity contribution in [3.05, 3.63) is 101 Å². The fourth-order valence-electron chi connectivity index (χ4n) is 4.77. The number of thioether (sulfide) groups is 1. The summed E-state index contributed by atoms with van der Waals surface area (Å²) in [6.45, 7) is 8.21. The summed E-state index contributed by atoms with van der Waals surface area (Å²) in [7, 11) is 0. The first-order valence-corrected chi connectivity index (χ1v) is 13.8. The highest BCUT2D eigenvalue weighted by molar-refractivity contribution is 8.00. The van der Waals surface area contributed by atoms with E-state index in [9.17, 15) is 14.0 Å². The number of hydrogen-bond donors (Lipinski definition) is 1. The summed E-state index contributed by atoms with van der Waals surface area (Å²) < 4.78 is 21.5. The number of anilines is 1. The number of furan rings is 1. The zero-order valence-corrected chi connectivity index (χ0v) is 23.2. The monoisotopic (exact) mass is 546 g/mol. The van der Waals surface area contributed by atoms with Crippen LogP contribution in [0.4, 0.5) is 10.2 Å². The highest BCUT2D eigenvalue weighted by Gasteiger charge is 2.40. The lowest BCUT2D eigenvalue weighted by molar-refractivity contribution is -0.123. The van der Waals surface area contributed by atoms with Gasteiger partial charge in [-0.1, -0.05) is 51.1 Å². The Morgan fingerprint density at radius 3 is 2.64 bits per heavy atom. The lowest BCUT2D eigenvalue weighted by Gasteiger charge is -2.24. The first-order chi connectivity index (χ1) is 18.6. The number of hydrogen-bond acceptors (Lipinski definition) is 5. The maximum atomic E-state index is 14.4. The van der Waals surface area contributed by atoms with Gasteiger partial charge in [0, 0.05) is 11.0 Å². The first kappa shape index (κ1) is 26.7. The summed E-state index contributed by atoms with van der Waals surface area (Å²) in [5.74, 6) is 0.388. The Balaban J connectivity index is 1.69. The molecule has 0 aliphatic carbocycles. The maximum absolute atomic E-state index is 14.4. The van der Waals surface area contributed by atoms with Gasteiger partial charge in [-0.2, -0.15) is 5.10 Å². The van der Waals surface area contributed by atoms with Crippen molar-refractivity contribution in [2.45, 2.75) is 44.9 Å². The Morgan fingerprint density at radius 1 is 1.15 bits per heavy atom. The van der Waals surface area contributed by atoms with Crippen LogP contribution in [0.5, 0.6) is 0 Å². The SMILES string of the molecule is Cc1ccccc1-n1nc(C(C)(C)C)c2c1N(CC(=O)NCc1ccco1)C(=O)CSC2c1cccc(F)c1. The predicted octanol–water partition coefficient (Wildman–Crippen LogP) is 5.70. The van der Waals surface area contributed by atoms with Gasteiger partial charge < -0.3 is 9.73 Å². The number of aromatic nitrogens is 2. The molecule has 2 aromatic carbocycles. The van der Waals surface area contributed by atoms with Crippen LogP contribution >= 0.6 is 11.8 Å². The molecule has 1 aliphatic heterocycles. The second-order valence-electron chi connectivity index (χ2n) is 10.6. The van der Waals surface area contributed by atoms with Gasteiger partial charge in [0.1, 0.15) is 23.9 Å². The molecule has 39 heavy (non-hydrogen) atoms. The third kappa shape index (κ3) is 5.49. The molecule has 1 aliphatic rings. The molecule has 0 saturated heterocycles. The molecule has 4 aromatic rings. The molecule has 5 rings (SSSR count). The number of para-hydroxylation sites is 1. The molecule has 2 amide bonds. The lowest BCUT2D eigenvalue weighted by atomic mass is 9.87. The van der Waals surface area contributed by atoms with Crippen LogP contribution in [0.25, 0.3) is 5.69 Å². The summed E-state index contributed by atoms with van der Waals surface area (Å²) >= 11 is 1.42. The topological polar surface area (TPSA) is 80.4 Å². The Kier molecular flexibility index (Phi) is 7.36. The highest BCUT2D eigenvalue weighted by atomic mass is 32.2. The fourth-order valence-corrected chi connectivity index (χ4v) is 5.96. The Hall–Kier alpha value is -3.85. The van der Waals surface area contributed by atoms with Crippen LogP contribution in [0, 0.1) is 12.7 Å². The largest absolute Gasteiger partial charge is 0.467 e. The van der Waals surface area contributed by atoms with E-state index in [-0.39, 0.29) is 41.7 Å². The van der Waals surface area contributed by atoms with Crippen molar-refractivity contribution in [3.8, 4) is 5.69 Å². The van der Waals surface area contributed by atoms with E-state index in [2.05, 4.69) is 26.1 Å². The van der Waals surface area contributed by atoms with Crippen molar-refractivity contribution in [1.29, 1.82) is 0 Å².